The number of carbonyl (C=O) groups is 1. The lowest BCUT2D eigenvalue weighted by Crippen LogP contribution is -2.30. The fraction of sp³-hybridized carbons (Fsp3) is 0.462. The molecule has 1 aromatic carbocycles. The first-order valence-corrected chi connectivity index (χ1v) is 5.79. The largest absolute Gasteiger partial charge is 0.493 e. The van der Waals surface area contributed by atoms with E-state index in [-0.39, 0.29) is 12.5 Å². The Balaban J connectivity index is 3.05. The Labute approximate surface area is 112 Å². The summed E-state index contributed by atoms with van der Waals surface area (Å²) >= 11 is 0. The predicted octanol–water partition coefficient (Wildman–Crippen LogP) is 0.823. The van der Waals surface area contributed by atoms with E-state index in [1.807, 2.05) is 0 Å². The van der Waals surface area contributed by atoms with Crippen molar-refractivity contribution in [1.29, 1.82) is 0 Å². The van der Waals surface area contributed by atoms with Gasteiger partial charge in [0.15, 0.2) is 11.5 Å². The predicted molar refractivity (Wildman–Crippen MR) is 70.1 cm³/mol. The molecule has 0 spiro atoms. The Morgan fingerprint density at radius 3 is 2.11 bits per heavy atom. The first kappa shape index (κ1) is 15.1. The summed E-state index contributed by atoms with van der Waals surface area (Å²) < 4.78 is 15.5. The van der Waals surface area contributed by atoms with Crippen LogP contribution in [0.15, 0.2) is 12.1 Å². The van der Waals surface area contributed by atoms with E-state index in [1.165, 1.54) is 21.3 Å². The minimum absolute atomic E-state index is 0.176. The first-order valence-electron chi connectivity index (χ1n) is 5.79. The number of aliphatic hydroxyl groups excluding tert-OH is 1. The molecule has 0 radical (unpaired) electrons. The van der Waals surface area contributed by atoms with E-state index in [1.54, 1.807) is 19.1 Å². The number of amides is 1. The summed E-state index contributed by atoms with van der Waals surface area (Å²) in [7, 11) is 4.46. The third-order valence-corrected chi connectivity index (χ3v) is 2.48. The summed E-state index contributed by atoms with van der Waals surface area (Å²) in [4.78, 5) is 11.9. The van der Waals surface area contributed by atoms with E-state index in [0.29, 0.717) is 22.8 Å². The molecule has 1 amide bonds. The van der Waals surface area contributed by atoms with E-state index in [4.69, 9.17) is 19.3 Å². The molecule has 0 aliphatic carbocycles. The van der Waals surface area contributed by atoms with Crippen LogP contribution in [0.5, 0.6) is 17.2 Å². The fourth-order valence-electron chi connectivity index (χ4n) is 1.55. The van der Waals surface area contributed by atoms with Crippen molar-refractivity contribution in [3.8, 4) is 17.2 Å². The van der Waals surface area contributed by atoms with Gasteiger partial charge in [-0.25, -0.2) is 0 Å². The van der Waals surface area contributed by atoms with Crippen molar-refractivity contribution >= 4 is 5.91 Å². The second-order valence-electron chi connectivity index (χ2n) is 3.97. The number of benzene rings is 1. The number of hydrogen-bond donors (Lipinski definition) is 2. The zero-order valence-electron chi connectivity index (χ0n) is 11.5. The number of ether oxygens (including phenoxy) is 3. The van der Waals surface area contributed by atoms with Gasteiger partial charge in [-0.3, -0.25) is 4.79 Å². The van der Waals surface area contributed by atoms with Gasteiger partial charge in [-0.15, -0.1) is 0 Å². The molecule has 0 heterocycles. The highest BCUT2D eigenvalue weighted by Crippen LogP contribution is 2.38. The summed E-state index contributed by atoms with van der Waals surface area (Å²) in [5, 5.41) is 11.7. The van der Waals surface area contributed by atoms with E-state index in [0.717, 1.165) is 0 Å². The van der Waals surface area contributed by atoms with Crippen LogP contribution in [0.3, 0.4) is 0 Å². The number of aliphatic hydroxyl groups is 1. The van der Waals surface area contributed by atoms with E-state index in [9.17, 15) is 4.79 Å². The molecule has 0 saturated heterocycles. The average molecular weight is 269 g/mol. The third-order valence-electron chi connectivity index (χ3n) is 2.48. The van der Waals surface area contributed by atoms with Crippen LogP contribution < -0.4 is 19.5 Å². The van der Waals surface area contributed by atoms with Crippen LogP contribution in [0.4, 0.5) is 0 Å². The molecular formula is C13H19NO5. The van der Waals surface area contributed by atoms with Crippen LogP contribution in [0, 0.1) is 0 Å². The number of rotatable bonds is 6. The second kappa shape index (κ2) is 6.84. The summed E-state index contributed by atoms with van der Waals surface area (Å²) in [6.07, 6.45) is -0.606. The SMILES string of the molecule is COc1cc(C(=O)NC[C@@H](C)O)cc(OC)c1OC. The van der Waals surface area contributed by atoms with Crippen LogP contribution in [-0.4, -0.2) is 45.0 Å². The van der Waals surface area contributed by atoms with Gasteiger partial charge in [-0.05, 0) is 19.1 Å². The number of nitrogens with one attached hydrogen (secondary N) is 1. The van der Waals surface area contributed by atoms with Gasteiger partial charge in [0.25, 0.3) is 5.91 Å². The van der Waals surface area contributed by atoms with Gasteiger partial charge in [0.1, 0.15) is 0 Å². The Hall–Kier alpha value is -1.95. The van der Waals surface area contributed by atoms with E-state index in [2.05, 4.69) is 5.32 Å². The van der Waals surface area contributed by atoms with Crippen LogP contribution >= 0.6 is 0 Å². The van der Waals surface area contributed by atoms with Crippen molar-refractivity contribution in [3.63, 3.8) is 0 Å². The van der Waals surface area contributed by atoms with Crippen LogP contribution in [0.2, 0.25) is 0 Å². The molecule has 0 fully saturated rings. The lowest BCUT2D eigenvalue weighted by atomic mass is 10.1. The smallest absolute Gasteiger partial charge is 0.251 e. The molecule has 1 rings (SSSR count). The molecular weight excluding hydrogens is 250 g/mol. The topological polar surface area (TPSA) is 77.0 Å². The van der Waals surface area contributed by atoms with Crippen LogP contribution in [-0.2, 0) is 0 Å². The van der Waals surface area contributed by atoms with Gasteiger partial charge >= 0.3 is 0 Å². The Kier molecular flexibility index (Phi) is 5.44. The average Bonchev–Trinajstić information content (AvgIpc) is 2.42. The molecule has 6 nitrogen and oxygen atoms in total. The van der Waals surface area contributed by atoms with Gasteiger partial charge in [0.2, 0.25) is 5.75 Å². The highest BCUT2D eigenvalue weighted by molar-refractivity contribution is 5.95. The summed E-state index contributed by atoms with van der Waals surface area (Å²) in [6, 6.07) is 3.11. The lowest BCUT2D eigenvalue weighted by molar-refractivity contribution is 0.0923. The number of hydrogen-bond acceptors (Lipinski definition) is 5. The molecule has 0 aliphatic rings. The van der Waals surface area contributed by atoms with Crippen molar-refractivity contribution in [3.05, 3.63) is 17.7 Å². The van der Waals surface area contributed by atoms with Gasteiger partial charge < -0.3 is 24.6 Å². The van der Waals surface area contributed by atoms with Crippen LogP contribution in [0.1, 0.15) is 17.3 Å². The Bertz CT molecular complexity index is 420. The molecule has 1 aromatic rings. The monoisotopic (exact) mass is 269 g/mol. The van der Waals surface area contributed by atoms with E-state index >= 15 is 0 Å². The zero-order chi connectivity index (χ0) is 14.4. The molecule has 0 saturated carbocycles. The second-order valence-corrected chi connectivity index (χ2v) is 3.97. The highest BCUT2D eigenvalue weighted by Gasteiger charge is 2.16. The van der Waals surface area contributed by atoms with Crippen molar-refractivity contribution in [2.45, 2.75) is 13.0 Å². The Morgan fingerprint density at radius 1 is 1.21 bits per heavy atom. The van der Waals surface area contributed by atoms with Gasteiger partial charge in [-0.2, -0.15) is 0 Å². The highest BCUT2D eigenvalue weighted by atomic mass is 16.5. The molecule has 6 heteroatoms. The molecule has 1 atom stereocenters. The van der Waals surface area contributed by atoms with Crippen molar-refractivity contribution in [1.82, 2.24) is 5.32 Å². The zero-order valence-corrected chi connectivity index (χ0v) is 11.5. The van der Waals surface area contributed by atoms with Gasteiger partial charge in [0, 0.05) is 12.1 Å². The van der Waals surface area contributed by atoms with Crippen molar-refractivity contribution in [2.75, 3.05) is 27.9 Å². The molecule has 0 unspecified atom stereocenters. The van der Waals surface area contributed by atoms with Crippen molar-refractivity contribution in [2.24, 2.45) is 0 Å². The standard InChI is InChI=1S/C13H19NO5/c1-8(15)7-14-13(16)9-5-10(17-2)12(19-4)11(6-9)18-3/h5-6,8,15H,7H2,1-4H3,(H,14,16)/t8-/m1/s1. The maximum atomic E-state index is 11.9. The molecule has 0 bridgehead atoms. The van der Waals surface area contributed by atoms with Crippen molar-refractivity contribution < 1.29 is 24.1 Å². The normalized spacial score (nSPS) is 11.6. The lowest BCUT2D eigenvalue weighted by Gasteiger charge is -2.14. The van der Waals surface area contributed by atoms with Crippen LogP contribution in [0.25, 0.3) is 0 Å². The van der Waals surface area contributed by atoms with Gasteiger partial charge in [-0.1, -0.05) is 0 Å². The molecule has 2 N–H and O–H groups in total. The maximum absolute atomic E-state index is 11.9. The minimum atomic E-state index is -0.606. The van der Waals surface area contributed by atoms with Gasteiger partial charge in [0.05, 0.1) is 27.4 Å². The molecule has 19 heavy (non-hydrogen) atoms. The maximum Gasteiger partial charge on any atom is 0.251 e. The first-order chi connectivity index (χ1) is 9.03. The minimum Gasteiger partial charge on any atom is -0.493 e. The molecule has 0 aromatic heterocycles. The third kappa shape index (κ3) is 3.75. The summed E-state index contributed by atoms with van der Waals surface area (Å²) in [5.41, 5.74) is 0.371. The van der Waals surface area contributed by atoms with E-state index < -0.39 is 6.10 Å². The molecule has 0 aliphatic heterocycles. The summed E-state index contributed by atoms with van der Waals surface area (Å²) in [5.74, 6) is 0.922. The quantitative estimate of drug-likeness (QED) is 0.799. The Morgan fingerprint density at radius 2 is 1.74 bits per heavy atom. The summed E-state index contributed by atoms with van der Waals surface area (Å²) in [6.45, 7) is 1.77. The fourth-order valence-corrected chi connectivity index (χ4v) is 1.55. The number of methoxy groups -OCH3 is 3. The number of carbonyl (C=O) groups excluding carboxylic acids is 1. The molecule has 106 valence electrons.